The van der Waals surface area contributed by atoms with E-state index in [0.717, 1.165) is 29.3 Å². The molecule has 0 aliphatic rings. The average molecular weight is 362 g/mol. The van der Waals surface area contributed by atoms with Crippen molar-refractivity contribution in [2.75, 3.05) is 19.0 Å². The highest BCUT2D eigenvalue weighted by molar-refractivity contribution is 5.96. The number of carbonyl (C=O) groups excluding carboxylic acids is 1. The van der Waals surface area contributed by atoms with E-state index in [1.165, 1.54) is 23.8 Å². The summed E-state index contributed by atoms with van der Waals surface area (Å²) in [7, 11) is 1.41. The largest absolute Gasteiger partial charge is 0.465 e. The summed E-state index contributed by atoms with van der Waals surface area (Å²) in [4.78, 5) is 12.3. The van der Waals surface area contributed by atoms with Crippen molar-refractivity contribution in [2.45, 2.75) is 27.7 Å². The maximum Gasteiger partial charge on any atom is 0.340 e. The Labute approximate surface area is 160 Å². The van der Waals surface area contributed by atoms with Crippen molar-refractivity contribution >= 4 is 11.7 Å². The molecule has 0 saturated heterocycles. The minimum Gasteiger partial charge on any atom is -0.465 e. The van der Waals surface area contributed by atoms with Crippen LogP contribution in [0.5, 0.6) is 0 Å². The third-order valence-electron chi connectivity index (χ3n) is 4.78. The van der Waals surface area contributed by atoms with Crippen LogP contribution < -0.4 is 5.32 Å². The number of ether oxygens (including phenoxy) is 1. The van der Waals surface area contributed by atoms with Gasteiger partial charge in [-0.3, -0.25) is 0 Å². The molecule has 0 bridgehead atoms. The fourth-order valence-electron chi connectivity index (χ4n) is 3.40. The number of hydrogen-bond donors (Lipinski definition) is 1. The number of benzene rings is 2. The third kappa shape index (κ3) is 3.61. The number of esters is 1. The molecule has 140 valence electrons. The van der Waals surface area contributed by atoms with Crippen LogP contribution in [-0.2, 0) is 4.74 Å². The zero-order valence-electron chi connectivity index (χ0n) is 16.6. The van der Waals surface area contributed by atoms with Crippen molar-refractivity contribution in [1.82, 2.24) is 4.57 Å². The number of aromatic nitrogens is 1. The van der Waals surface area contributed by atoms with Gasteiger partial charge in [0.2, 0.25) is 0 Å². The van der Waals surface area contributed by atoms with E-state index in [9.17, 15) is 4.79 Å². The summed E-state index contributed by atoms with van der Waals surface area (Å²) in [6.07, 6.45) is 0. The van der Waals surface area contributed by atoms with Crippen LogP contribution in [0.2, 0.25) is 0 Å². The molecule has 1 N–H and O–H groups in total. The molecule has 0 amide bonds. The van der Waals surface area contributed by atoms with Crippen LogP contribution in [0.4, 0.5) is 5.69 Å². The summed E-state index contributed by atoms with van der Waals surface area (Å²) in [6.45, 7) is 9.03. The number of aryl methyl sites for hydroxylation is 3. The van der Waals surface area contributed by atoms with E-state index in [1.807, 2.05) is 25.1 Å². The molecule has 27 heavy (non-hydrogen) atoms. The van der Waals surface area contributed by atoms with E-state index in [4.69, 9.17) is 4.74 Å². The minimum absolute atomic E-state index is 0.342. The van der Waals surface area contributed by atoms with Gasteiger partial charge in [-0.15, -0.1) is 0 Å². The van der Waals surface area contributed by atoms with Crippen LogP contribution in [0, 0.1) is 20.8 Å². The Kier molecular flexibility index (Phi) is 5.36. The topological polar surface area (TPSA) is 43.3 Å². The van der Waals surface area contributed by atoms with E-state index in [2.05, 4.69) is 61.0 Å². The summed E-state index contributed by atoms with van der Waals surface area (Å²) in [5.74, 6) is -0.342. The Morgan fingerprint density at radius 1 is 1.04 bits per heavy atom. The highest BCUT2D eigenvalue weighted by Gasteiger charge is 2.16. The Morgan fingerprint density at radius 2 is 1.81 bits per heavy atom. The molecule has 2 aromatic carbocycles. The van der Waals surface area contributed by atoms with Crippen LogP contribution in [0.15, 0.2) is 48.5 Å². The molecule has 0 radical (unpaired) electrons. The summed E-state index contributed by atoms with van der Waals surface area (Å²) < 4.78 is 7.17. The highest BCUT2D eigenvalue weighted by atomic mass is 16.5. The lowest BCUT2D eigenvalue weighted by Crippen LogP contribution is -2.10. The quantitative estimate of drug-likeness (QED) is 0.627. The second kappa shape index (κ2) is 7.70. The molecule has 0 atom stereocenters. The summed E-state index contributed by atoms with van der Waals surface area (Å²) in [5.41, 5.74) is 8.12. The number of rotatable bonds is 5. The van der Waals surface area contributed by atoms with Crippen molar-refractivity contribution in [3.05, 3.63) is 70.9 Å². The van der Waals surface area contributed by atoms with Gasteiger partial charge in [-0.2, -0.15) is 0 Å². The fraction of sp³-hybridized carbons (Fsp3) is 0.261. The van der Waals surface area contributed by atoms with Crippen molar-refractivity contribution in [1.29, 1.82) is 0 Å². The molecule has 0 aliphatic carbocycles. The molecule has 3 rings (SSSR count). The van der Waals surface area contributed by atoms with Crippen molar-refractivity contribution < 1.29 is 9.53 Å². The molecule has 1 aromatic heterocycles. The third-order valence-corrected chi connectivity index (χ3v) is 4.78. The van der Waals surface area contributed by atoms with E-state index in [0.29, 0.717) is 5.56 Å². The first kappa shape index (κ1) is 18.8. The van der Waals surface area contributed by atoms with Crippen LogP contribution in [-0.4, -0.2) is 24.2 Å². The Bertz CT molecular complexity index is 986. The van der Waals surface area contributed by atoms with Gasteiger partial charge in [0.05, 0.1) is 18.4 Å². The number of hydrogen-bond acceptors (Lipinski definition) is 3. The first-order valence-corrected chi connectivity index (χ1v) is 9.18. The highest BCUT2D eigenvalue weighted by Crippen LogP contribution is 2.31. The molecule has 0 spiro atoms. The zero-order valence-corrected chi connectivity index (χ0v) is 16.6. The summed E-state index contributed by atoms with van der Waals surface area (Å²) in [5, 5.41) is 3.23. The second-order valence-electron chi connectivity index (χ2n) is 6.77. The zero-order chi connectivity index (χ0) is 19.6. The molecule has 0 unspecified atom stereocenters. The molecule has 4 nitrogen and oxygen atoms in total. The number of nitrogens with one attached hydrogen (secondary N) is 1. The predicted molar refractivity (Wildman–Crippen MR) is 111 cm³/mol. The molecule has 0 aliphatic heterocycles. The number of carbonyl (C=O) groups is 1. The lowest BCUT2D eigenvalue weighted by Gasteiger charge is -2.17. The predicted octanol–water partition coefficient (Wildman–Crippen LogP) is 5.29. The molecular formula is C23H26N2O2. The van der Waals surface area contributed by atoms with Gasteiger partial charge in [0.1, 0.15) is 0 Å². The molecule has 4 heteroatoms. The Balaban J connectivity index is 2.19. The molecule has 1 heterocycles. The van der Waals surface area contributed by atoms with Gasteiger partial charge >= 0.3 is 5.97 Å². The van der Waals surface area contributed by atoms with E-state index < -0.39 is 0 Å². The second-order valence-corrected chi connectivity index (χ2v) is 6.77. The Morgan fingerprint density at radius 3 is 2.52 bits per heavy atom. The lowest BCUT2D eigenvalue weighted by molar-refractivity contribution is 0.0602. The molecule has 0 saturated carbocycles. The van der Waals surface area contributed by atoms with Crippen molar-refractivity contribution in [3.8, 4) is 16.9 Å². The van der Waals surface area contributed by atoms with Crippen LogP contribution in [0.1, 0.15) is 34.1 Å². The van der Waals surface area contributed by atoms with Crippen LogP contribution >= 0.6 is 0 Å². The van der Waals surface area contributed by atoms with Gasteiger partial charge in [0.25, 0.3) is 0 Å². The standard InChI is InChI=1S/C23H26N2O2/c1-6-24-21-11-10-18(14-20(21)23(26)27-5)25-17(4)9-12-22(25)19-13-15(2)7-8-16(19)3/h7-14,24H,6H2,1-5H3. The maximum absolute atomic E-state index is 12.3. The van der Waals surface area contributed by atoms with Crippen LogP contribution in [0.25, 0.3) is 16.9 Å². The minimum atomic E-state index is -0.342. The Hall–Kier alpha value is -3.01. The van der Waals surface area contributed by atoms with Crippen LogP contribution in [0.3, 0.4) is 0 Å². The van der Waals surface area contributed by atoms with Gasteiger partial charge in [0.15, 0.2) is 0 Å². The summed E-state index contributed by atoms with van der Waals surface area (Å²) in [6, 6.07) is 16.6. The van der Waals surface area contributed by atoms with Crippen molar-refractivity contribution in [3.63, 3.8) is 0 Å². The number of nitrogens with zero attached hydrogens (tertiary/aromatic N) is 1. The fourth-order valence-corrected chi connectivity index (χ4v) is 3.40. The SMILES string of the molecule is CCNc1ccc(-n2c(C)ccc2-c2cc(C)ccc2C)cc1C(=O)OC. The maximum atomic E-state index is 12.3. The number of methoxy groups -OCH3 is 1. The molecular weight excluding hydrogens is 336 g/mol. The first-order chi connectivity index (χ1) is 13.0. The smallest absolute Gasteiger partial charge is 0.340 e. The normalized spacial score (nSPS) is 10.7. The average Bonchev–Trinajstić information content (AvgIpc) is 3.05. The monoisotopic (exact) mass is 362 g/mol. The van der Waals surface area contributed by atoms with E-state index in [-0.39, 0.29) is 5.97 Å². The number of anilines is 1. The van der Waals surface area contributed by atoms with Gasteiger partial charge < -0.3 is 14.6 Å². The summed E-state index contributed by atoms with van der Waals surface area (Å²) >= 11 is 0. The van der Waals surface area contributed by atoms with E-state index >= 15 is 0 Å². The lowest BCUT2D eigenvalue weighted by atomic mass is 10.0. The van der Waals surface area contributed by atoms with E-state index in [1.54, 1.807) is 0 Å². The van der Waals surface area contributed by atoms with Gasteiger partial charge in [-0.25, -0.2) is 4.79 Å². The van der Waals surface area contributed by atoms with Gasteiger partial charge in [-0.1, -0.05) is 17.7 Å². The van der Waals surface area contributed by atoms with Gasteiger partial charge in [0, 0.05) is 29.2 Å². The van der Waals surface area contributed by atoms with Gasteiger partial charge in [-0.05, 0) is 69.7 Å². The first-order valence-electron chi connectivity index (χ1n) is 9.18. The van der Waals surface area contributed by atoms with Crippen molar-refractivity contribution in [2.24, 2.45) is 0 Å². The molecule has 3 aromatic rings. The molecule has 0 fully saturated rings.